The third kappa shape index (κ3) is 3.74. The summed E-state index contributed by atoms with van der Waals surface area (Å²) in [6, 6.07) is 5.87. The Hall–Kier alpha value is -2.67. The molecule has 0 amide bonds. The quantitative estimate of drug-likeness (QED) is 0.511. The number of thiophene rings is 1. The molecule has 30 heavy (non-hydrogen) atoms. The minimum absolute atomic E-state index is 0.235. The first-order valence-electron chi connectivity index (χ1n) is 10.1. The topological polar surface area (TPSA) is 70.4 Å². The highest BCUT2D eigenvalue weighted by atomic mass is 32.1. The summed E-state index contributed by atoms with van der Waals surface area (Å²) in [7, 11) is 1.61. The second kappa shape index (κ2) is 8.60. The molecule has 160 valence electrons. The maximum absolute atomic E-state index is 13.8. The van der Waals surface area contributed by atoms with Crippen molar-refractivity contribution in [2.45, 2.75) is 53.0 Å². The summed E-state index contributed by atoms with van der Waals surface area (Å²) in [4.78, 5) is 32.0. The van der Waals surface area contributed by atoms with Gasteiger partial charge in [0, 0.05) is 22.9 Å². The summed E-state index contributed by atoms with van der Waals surface area (Å²) < 4.78 is 12.3. The number of esters is 1. The second-order valence-electron chi connectivity index (χ2n) is 7.73. The Morgan fingerprint density at radius 2 is 1.97 bits per heavy atom. The molecule has 6 nitrogen and oxygen atoms in total. The zero-order valence-electron chi connectivity index (χ0n) is 18.4. The summed E-state index contributed by atoms with van der Waals surface area (Å²) in [5.41, 5.74) is 1.26. The average Bonchev–Trinajstić information content (AvgIpc) is 3.12. The first-order valence-corrected chi connectivity index (χ1v) is 11.0. The fraction of sp³-hybridized carbons (Fsp3) is 0.435. The molecule has 0 saturated heterocycles. The summed E-state index contributed by atoms with van der Waals surface area (Å²) in [6.45, 7) is 9.44. The molecular weight excluding hydrogens is 400 g/mol. The Morgan fingerprint density at radius 3 is 2.60 bits per heavy atom. The van der Waals surface area contributed by atoms with Crippen LogP contribution in [-0.4, -0.2) is 29.2 Å². The number of carbonyl (C=O) groups excluding carboxylic acids is 1. The molecule has 0 fully saturated rings. The van der Waals surface area contributed by atoms with Gasteiger partial charge in [0.2, 0.25) is 0 Å². The number of aryl methyl sites for hydroxylation is 2. The minimum atomic E-state index is -1.17. The highest BCUT2D eigenvalue weighted by Gasteiger charge is 2.35. The molecule has 0 spiro atoms. The Kier molecular flexibility index (Phi) is 6.31. The Bertz CT molecular complexity index is 1140. The van der Waals surface area contributed by atoms with Crippen LogP contribution in [0.2, 0.25) is 0 Å². The predicted molar refractivity (Wildman–Crippen MR) is 121 cm³/mol. The number of fused-ring (bicyclic) bond motifs is 1. The summed E-state index contributed by atoms with van der Waals surface area (Å²) >= 11 is 1.43. The lowest BCUT2D eigenvalue weighted by atomic mass is 10.0. The van der Waals surface area contributed by atoms with Crippen molar-refractivity contribution in [3.05, 3.63) is 45.3 Å². The first-order chi connectivity index (χ1) is 14.3. The molecule has 0 aliphatic rings. The lowest BCUT2D eigenvalue weighted by molar-refractivity contribution is -0.152. The van der Waals surface area contributed by atoms with E-state index in [1.165, 1.54) is 15.9 Å². The van der Waals surface area contributed by atoms with Crippen LogP contribution in [0.3, 0.4) is 0 Å². The van der Waals surface area contributed by atoms with Gasteiger partial charge >= 0.3 is 5.97 Å². The molecular formula is C23H28N2O4S. The van der Waals surface area contributed by atoms with Crippen LogP contribution in [0.25, 0.3) is 21.3 Å². The monoisotopic (exact) mass is 428 g/mol. The standard InChI is InChI=1S/C23H28N2O4S/c1-7-9-18-24-20-19(21(26)25(18)23(4,5)22(27)29-8-2)16(13-30-20)15-12-14(3)10-11-17(15)28-6/h10-13H,7-9H2,1-6H3. The Balaban J connectivity index is 2.36. The van der Waals surface area contributed by atoms with Gasteiger partial charge in [-0.3, -0.25) is 9.36 Å². The van der Waals surface area contributed by atoms with E-state index in [2.05, 4.69) is 0 Å². The number of ether oxygens (including phenoxy) is 2. The van der Waals surface area contributed by atoms with E-state index in [0.717, 1.165) is 23.1 Å². The van der Waals surface area contributed by atoms with Crippen molar-refractivity contribution in [2.24, 2.45) is 0 Å². The number of benzene rings is 1. The molecule has 0 aliphatic heterocycles. The molecule has 0 radical (unpaired) electrons. The molecule has 3 rings (SSSR count). The third-order valence-corrected chi connectivity index (χ3v) is 6.00. The molecule has 0 N–H and O–H groups in total. The van der Waals surface area contributed by atoms with Crippen LogP contribution < -0.4 is 10.3 Å². The van der Waals surface area contributed by atoms with E-state index in [1.807, 2.05) is 37.4 Å². The van der Waals surface area contributed by atoms with Crippen molar-refractivity contribution in [3.63, 3.8) is 0 Å². The highest BCUT2D eigenvalue weighted by Crippen LogP contribution is 2.37. The van der Waals surface area contributed by atoms with E-state index in [1.54, 1.807) is 27.9 Å². The van der Waals surface area contributed by atoms with Gasteiger partial charge in [0.25, 0.3) is 5.56 Å². The van der Waals surface area contributed by atoms with Gasteiger partial charge < -0.3 is 9.47 Å². The zero-order valence-corrected chi connectivity index (χ0v) is 19.2. The lowest BCUT2D eigenvalue weighted by Crippen LogP contribution is -2.45. The van der Waals surface area contributed by atoms with E-state index >= 15 is 0 Å². The van der Waals surface area contributed by atoms with Gasteiger partial charge in [0.15, 0.2) is 0 Å². The Labute approximate surface area is 180 Å². The second-order valence-corrected chi connectivity index (χ2v) is 8.59. The fourth-order valence-corrected chi connectivity index (χ4v) is 4.58. The minimum Gasteiger partial charge on any atom is -0.496 e. The molecule has 2 heterocycles. The summed E-state index contributed by atoms with van der Waals surface area (Å²) in [5.74, 6) is 0.835. The van der Waals surface area contributed by atoms with Crippen LogP contribution in [-0.2, 0) is 21.5 Å². The number of hydrogen-bond donors (Lipinski definition) is 0. The average molecular weight is 429 g/mol. The van der Waals surface area contributed by atoms with E-state index in [4.69, 9.17) is 14.5 Å². The Morgan fingerprint density at radius 1 is 1.23 bits per heavy atom. The molecule has 7 heteroatoms. The molecule has 2 aromatic heterocycles. The SMILES string of the molecule is CCCc1nc2scc(-c3cc(C)ccc3OC)c2c(=O)n1C(C)(C)C(=O)OCC. The van der Waals surface area contributed by atoms with Crippen LogP contribution in [0.1, 0.15) is 45.5 Å². The lowest BCUT2D eigenvalue weighted by Gasteiger charge is -2.27. The predicted octanol–water partition coefficient (Wildman–Crippen LogP) is 4.69. The van der Waals surface area contributed by atoms with Crippen LogP contribution >= 0.6 is 11.3 Å². The highest BCUT2D eigenvalue weighted by molar-refractivity contribution is 7.17. The number of carbonyl (C=O) groups is 1. The number of aromatic nitrogens is 2. The van der Waals surface area contributed by atoms with Crippen LogP contribution in [0, 0.1) is 6.92 Å². The van der Waals surface area contributed by atoms with Gasteiger partial charge in [-0.15, -0.1) is 11.3 Å². The first kappa shape index (κ1) is 22.0. The normalized spacial score (nSPS) is 11.7. The smallest absolute Gasteiger partial charge is 0.331 e. The molecule has 3 aromatic rings. The van der Waals surface area contributed by atoms with Gasteiger partial charge in [0.05, 0.1) is 19.1 Å². The third-order valence-electron chi connectivity index (χ3n) is 5.13. The molecule has 1 aromatic carbocycles. The van der Waals surface area contributed by atoms with E-state index in [0.29, 0.717) is 28.2 Å². The van der Waals surface area contributed by atoms with Crippen molar-refractivity contribution in [1.82, 2.24) is 9.55 Å². The van der Waals surface area contributed by atoms with Crippen LogP contribution in [0.15, 0.2) is 28.4 Å². The number of nitrogens with zero attached hydrogens (tertiary/aromatic N) is 2. The summed E-state index contributed by atoms with van der Waals surface area (Å²) in [5, 5.41) is 2.44. The van der Waals surface area contributed by atoms with E-state index in [-0.39, 0.29) is 12.2 Å². The van der Waals surface area contributed by atoms with Gasteiger partial charge in [-0.25, -0.2) is 9.78 Å². The van der Waals surface area contributed by atoms with Gasteiger partial charge in [-0.1, -0.05) is 18.6 Å². The number of rotatable bonds is 7. The summed E-state index contributed by atoms with van der Waals surface area (Å²) in [6.07, 6.45) is 1.40. The van der Waals surface area contributed by atoms with E-state index in [9.17, 15) is 9.59 Å². The largest absolute Gasteiger partial charge is 0.496 e. The fourth-order valence-electron chi connectivity index (χ4n) is 3.63. The zero-order chi connectivity index (χ0) is 22.1. The molecule has 0 aliphatic carbocycles. The van der Waals surface area contributed by atoms with Crippen molar-refractivity contribution < 1.29 is 14.3 Å². The molecule has 0 atom stereocenters. The van der Waals surface area contributed by atoms with Crippen molar-refractivity contribution in [2.75, 3.05) is 13.7 Å². The van der Waals surface area contributed by atoms with Gasteiger partial charge in [-0.05, 0) is 46.2 Å². The van der Waals surface area contributed by atoms with Crippen LogP contribution in [0.4, 0.5) is 0 Å². The van der Waals surface area contributed by atoms with Crippen LogP contribution in [0.5, 0.6) is 5.75 Å². The molecule has 0 unspecified atom stereocenters. The van der Waals surface area contributed by atoms with Crippen molar-refractivity contribution >= 4 is 27.5 Å². The maximum atomic E-state index is 13.8. The van der Waals surface area contributed by atoms with Gasteiger partial charge in [-0.2, -0.15) is 0 Å². The van der Waals surface area contributed by atoms with Crippen molar-refractivity contribution in [1.29, 1.82) is 0 Å². The molecule has 0 saturated carbocycles. The van der Waals surface area contributed by atoms with Gasteiger partial charge in [0.1, 0.15) is 21.9 Å². The number of methoxy groups -OCH3 is 1. The maximum Gasteiger partial charge on any atom is 0.331 e. The molecule has 0 bridgehead atoms. The van der Waals surface area contributed by atoms with E-state index < -0.39 is 11.5 Å². The number of hydrogen-bond acceptors (Lipinski definition) is 6. The van der Waals surface area contributed by atoms with Crippen molar-refractivity contribution in [3.8, 4) is 16.9 Å².